The number of ether oxygens (including phenoxy) is 1. The Balaban J connectivity index is 2.50. The van der Waals surface area contributed by atoms with E-state index in [9.17, 15) is 0 Å². The quantitative estimate of drug-likeness (QED) is 0.740. The monoisotopic (exact) mass is 199 g/mol. The molecule has 0 amide bonds. The molecule has 15 heavy (non-hydrogen) atoms. The molecule has 0 N–H and O–H groups in total. The first-order valence-electron chi connectivity index (χ1n) is 4.43. The average molecular weight is 199 g/mol. The molecule has 0 radical (unpaired) electrons. The van der Waals surface area contributed by atoms with Crippen LogP contribution in [0.25, 0.3) is 5.69 Å². The Hall–Kier alpha value is -2.28. The van der Waals surface area contributed by atoms with Gasteiger partial charge in [0.05, 0.1) is 12.8 Å². The SMILES string of the molecule is COc1cc(-n2cccc2C#N)ccn1. The summed E-state index contributed by atoms with van der Waals surface area (Å²) in [5.74, 6) is 0.532. The van der Waals surface area contributed by atoms with Crippen LogP contribution < -0.4 is 4.74 Å². The summed E-state index contributed by atoms with van der Waals surface area (Å²) < 4.78 is 6.80. The highest BCUT2D eigenvalue weighted by molar-refractivity contribution is 5.40. The predicted octanol–water partition coefficient (Wildman–Crippen LogP) is 1.75. The van der Waals surface area contributed by atoms with Gasteiger partial charge in [0.2, 0.25) is 5.88 Å². The van der Waals surface area contributed by atoms with Gasteiger partial charge in [-0.25, -0.2) is 4.98 Å². The summed E-state index contributed by atoms with van der Waals surface area (Å²) in [4.78, 5) is 4.00. The van der Waals surface area contributed by atoms with Crippen molar-refractivity contribution in [3.05, 3.63) is 42.4 Å². The third-order valence-corrected chi connectivity index (χ3v) is 2.07. The van der Waals surface area contributed by atoms with Crippen LogP contribution in [0, 0.1) is 11.3 Å². The van der Waals surface area contributed by atoms with Crippen LogP contribution in [0.4, 0.5) is 0 Å². The van der Waals surface area contributed by atoms with E-state index in [1.165, 1.54) is 0 Å². The summed E-state index contributed by atoms with van der Waals surface area (Å²) in [6.45, 7) is 0. The van der Waals surface area contributed by atoms with Crippen LogP contribution in [0.1, 0.15) is 5.69 Å². The molecular formula is C11H9N3O. The number of nitrogens with zero attached hydrogens (tertiary/aromatic N) is 3. The molecule has 0 spiro atoms. The molecule has 2 aromatic heterocycles. The van der Waals surface area contributed by atoms with Crippen LogP contribution in [-0.4, -0.2) is 16.7 Å². The first kappa shape index (κ1) is 9.28. The highest BCUT2D eigenvalue weighted by Gasteiger charge is 2.03. The van der Waals surface area contributed by atoms with Crippen LogP contribution in [-0.2, 0) is 0 Å². The Morgan fingerprint density at radius 1 is 1.47 bits per heavy atom. The van der Waals surface area contributed by atoms with Crippen LogP contribution in [0.15, 0.2) is 36.7 Å². The van der Waals surface area contributed by atoms with Gasteiger partial charge in [-0.05, 0) is 18.2 Å². The van der Waals surface area contributed by atoms with E-state index in [0.29, 0.717) is 11.6 Å². The van der Waals surface area contributed by atoms with Crippen molar-refractivity contribution in [1.29, 1.82) is 5.26 Å². The van der Waals surface area contributed by atoms with E-state index >= 15 is 0 Å². The van der Waals surface area contributed by atoms with Crippen molar-refractivity contribution in [3.8, 4) is 17.6 Å². The fourth-order valence-corrected chi connectivity index (χ4v) is 1.36. The molecule has 4 nitrogen and oxygen atoms in total. The van der Waals surface area contributed by atoms with Gasteiger partial charge in [0.25, 0.3) is 0 Å². The van der Waals surface area contributed by atoms with Gasteiger partial charge in [-0.2, -0.15) is 5.26 Å². The van der Waals surface area contributed by atoms with Crippen molar-refractivity contribution in [3.63, 3.8) is 0 Å². The number of pyridine rings is 1. The van der Waals surface area contributed by atoms with E-state index in [4.69, 9.17) is 10.00 Å². The van der Waals surface area contributed by atoms with E-state index in [0.717, 1.165) is 5.69 Å². The minimum absolute atomic E-state index is 0.532. The molecule has 4 heteroatoms. The average Bonchev–Trinajstić information content (AvgIpc) is 2.77. The Morgan fingerprint density at radius 2 is 2.33 bits per heavy atom. The molecule has 0 bridgehead atoms. The van der Waals surface area contributed by atoms with Crippen molar-refractivity contribution in [2.24, 2.45) is 0 Å². The highest BCUT2D eigenvalue weighted by Crippen LogP contribution is 2.15. The largest absolute Gasteiger partial charge is 0.481 e. The number of nitriles is 1. The smallest absolute Gasteiger partial charge is 0.215 e. The van der Waals surface area contributed by atoms with Gasteiger partial charge >= 0.3 is 0 Å². The molecule has 2 heterocycles. The fraction of sp³-hybridized carbons (Fsp3) is 0.0909. The molecular weight excluding hydrogens is 190 g/mol. The van der Waals surface area contributed by atoms with E-state index in [1.807, 2.05) is 18.3 Å². The molecule has 0 saturated heterocycles. The normalized spacial score (nSPS) is 9.60. The summed E-state index contributed by atoms with van der Waals surface area (Å²) in [5.41, 5.74) is 1.45. The van der Waals surface area contributed by atoms with Crippen molar-refractivity contribution >= 4 is 0 Å². The van der Waals surface area contributed by atoms with E-state index in [1.54, 1.807) is 30.0 Å². The predicted molar refractivity (Wildman–Crippen MR) is 54.8 cm³/mol. The number of hydrogen-bond acceptors (Lipinski definition) is 3. The Labute approximate surface area is 87.4 Å². The maximum absolute atomic E-state index is 8.88. The van der Waals surface area contributed by atoms with Gasteiger partial charge in [-0.3, -0.25) is 0 Å². The summed E-state index contributed by atoms with van der Waals surface area (Å²) in [5, 5.41) is 8.88. The first-order chi connectivity index (χ1) is 7.35. The van der Waals surface area contributed by atoms with Crippen molar-refractivity contribution < 1.29 is 4.74 Å². The molecule has 0 aliphatic heterocycles. The van der Waals surface area contributed by atoms with E-state index < -0.39 is 0 Å². The number of aromatic nitrogens is 2. The van der Waals surface area contributed by atoms with Crippen molar-refractivity contribution in [2.45, 2.75) is 0 Å². The molecule has 0 aromatic carbocycles. The second-order valence-electron chi connectivity index (χ2n) is 2.93. The maximum atomic E-state index is 8.88. The topological polar surface area (TPSA) is 50.8 Å². The number of hydrogen-bond donors (Lipinski definition) is 0. The number of methoxy groups -OCH3 is 1. The lowest BCUT2D eigenvalue weighted by molar-refractivity contribution is 0.397. The summed E-state index contributed by atoms with van der Waals surface area (Å²) in [6, 6.07) is 9.30. The Kier molecular flexibility index (Phi) is 2.38. The summed E-state index contributed by atoms with van der Waals surface area (Å²) in [7, 11) is 1.56. The van der Waals surface area contributed by atoms with Gasteiger partial charge in [-0.15, -0.1) is 0 Å². The highest BCUT2D eigenvalue weighted by atomic mass is 16.5. The third kappa shape index (κ3) is 1.67. The molecule has 2 rings (SSSR count). The molecule has 2 aromatic rings. The van der Waals surface area contributed by atoms with Gasteiger partial charge < -0.3 is 9.30 Å². The summed E-state index contributed by atoms with van der Waals surface area (Å²) in [6.07, 6.45) is 3.47. The van der Waals surface area contributed by atoms with Crippen LogP contribution in [0.5, 0.6) is 5.88 Å². The standard InChI is InChI=1S/C11H9N3O/c1-15-11-7-9(4-5-13-11)14-6-2-3-10(14)8-12/h2-7H,1H3. The van der Waals surface area contributed by atoms with Gasteiger partial charge in [-0.1, -0.05) is 0 Å². The minimum atomic E-state index is 0.532. The lowest BCUT2D eigenvalue weighted by Gasteiger charge is -2.05. The zero-order valence-corrected chi connectivity index (χ0v) is 8.21. The van der Waals surface area contributed by atoms with E-state index in [2.05, 4.69) is 11.1 Å². The van der Waals surface area contributed by atoms with Crippen molar-refractivity contribution in [1.82, 2.24) is 9.55 Å². The van der Waals surface area contributed by atoms with Crippen LogP contribution in [0.2, 0.25) is 0 Å². The second-order valence-corrected chi connectivity index (χ2v) is 2.93. The lowest BCUT2D eigenvalue weighted by Crippen LogP contribution is -1.96. The molecule has 0 saturated carbocycles. The van der Waals surface area contributed by atoms with Gasteiger partial charge in [0.1, 0.15) is 11.8 Å². The molecule has 0 atom stereocenters. The second kappa shape index (κ2) is 3.84. The number of rotatable bonds is 2. The zero-order valence-electron chi connectivity index (χ0n) is 8.21. The Bertz CT molecular complexity index is 511. The third-order valence-electron chi connectivity index (χ3n) is 2.07. The summed E-state index contributed by atoms with van der Waals surface area (Å²) >= 11 is 0. The molecule has 0 aliphatic carbocycles. The molecule has 0 aliphatic rings. The van der Waals surface area contributed by atoms with Crippen LogP contribution in [0.3, 0.4) is 0 Å². The van der Waals surface area contributed by atoms with E-state index in [-0.39, 0.29) is 0 Å². The minimum Gasteiger partial charge on any atom is -0.481 e. The molecule has 0 unspecified atom stereocenters. The lowest BCUT2D eigenvalue weighted by atomic mass is 10.3. The van der Waals surface area contributed by atoms with Gasteiger partial charge in [0.15, 0.2) is 0 Å². The first-order valence-corrected chi connectivity index (χ1v) is 4.43. The Morgan fingerprint density at radius 3 is 3.07 bits per heavy atom. The van der Waals surface area contributed by atoms with Crippen molar-refractivity contribution in [2.75, 3.05) is 7.11 Å². The maximum Gasteiger partial charge on any atom is 0.215 e. The molecule has 74 valence electrons. The zero-order chi connectivity index (χ0) is 10.7. The molecule has 0 fully saturated rings. The van der Waals surface area contributed by atoms with Gasteiger partial charge in [0, 0.05) is 18.5 Å². The fourth-order valence-electron chi connectivity index (χ4n) is 1.36. The van der Waals surface area contributed by atoms with Crippen LogP contribution >= 0.6 is 0 Å².